The van der Waals surface area contributed by atoms with Gasteiger partial charge in [0.25, 0.3) is 5.91 Å². The van der Waals surface area contributed by atoms with Gasteiger partial charge < -0.3 is 19.9 Å². The number of hydrogen-bond donors (Lipinski definition) is 2. The number of methoxy groups -OCH3 is 1. The molecule has 0 unspecified atom stereocenters. The number of nitrogens with one attached hydrogen (secondary N) is 2. The number of aryl methyl sites for hydroxylation is 1. The highest BCUT2D eigenvalue weighted by molar-refractivity contribution is 5.94. The van der Waals surface area contributed by atoms with Crippen LogP contribution in [0.3, 0.4) is 0 Å². The number of aromatic nitrogens is 3. The first-order valence-corrected chi connectivity index (χ1v) is 10.5. The maximum Gasteiger partial charge on any atom is 0.251 e. The summed E-state index contributed by atoms with van der Waals surface area (Å²) >= 11 is 0. The number of nitrogens with zero attached hydrogens (tertiary/aromatic N) is 3. The van der Waals surface area contributed by atoms with E-state index in [1.54, 1.807) is 26.6 Å². The highest BCUT2D eigenvalue weighted by atomic mass is 16.5. The topological polar surface area (TPSA) is 81.1 Å². The molecule has 2 aromatic heterocycles. The Morgan fingerprint density at radius 2 is 1.97 bits per heavy atom. The third-order valence-corrected chi connectivity index (χ3v) is 5.69. The number of anilines is 1. The summed E-state index contributed by atoms with van der Waals surface area (Å²) in [6.45, 7) is 2.76. The van der Waals surface area contributed by atoms with Gasteiger partial charge in [0, 0.05) is 60.9 Å². The zero-order chi connectivity index (χ0) is 22.7. The lowest BCUT2D eigenvalue weighted by atomic mass is 9.98. The van der Waals surface area contributed by atoms with E-state index in [9.17, 15) is 4.79 Å². The summed E-state index contributed by atoms with van der Waals surface area (Å²) in [5.41, 5.74) is 4.70. The number of carbonyl (C=O) groups is 1. The summed E-state index contributed by atoms with van der Waals surface area (Å²) in [7, 11) is 5.27. The minimum absolute atomic E-state index is 0.136. The average Bonchev–Trinajstić information content (AvgIpc) is 3.21. The Morgan fingerprint density at radius 1 is 1.12 bits per heavy atom. The molecule has 2 heterocycles. The molecule has 0 saturated carbocycles. The summed E-state index contributed by atoms with van der Waals surface area (Å²) in [6, 6.07) is 15.9. The third kappa shape index (κ3) is 4.27. The van der Waals surface area contributed by atoms with Gasteiger partial charge in [-0.25, -0.2) is 9.97 Å². The van der Waals surface area contributed by atoms with Gasteiger partial charge in [0.1, 0.15) is 17.9 Å². The van der Waals surface area contributed by atoms with E-state index in [1.165, 1.54) is 10.9 Å². The second-order valence-electron chi connectivity index (χ2n) is 7.81. The van der Waals surface area contributed by atoms with Crippen LogP contribution >= 0.6 is 0 Å². The molecule has 32 heavy (non-hydrogen) atoms. The molecule has 7 heteroatoms. The van der Waals surface area contributed by atoms with Crippen LogP contribution in [0.2, 0.25) is 0 Å². The number of hydrogen-bond acceptors (Lipinski definition) is 5. The lowest BCUT2D eigenvalue weighted by Crippen LogP contribution is -2.18. The van der Waals surface area contributed by atoms with Gasteiger partial charge in [0.05, 0.1) is 12.8 Å². The van der Waals surface area contributed by atoms with Gasteiger partial charge in [-0.2, -0.15) is 0 Å². The quantitative estimate of drug-likeness (QED) is 0.460. The second-order valence-corrected chi connectivity index (χ2v) is 7.81. The molecule has 2 N–H and O–H groups in total. The van der Waals surface area contributed by atoms with Gasteiger partial charge in [-0.15, -0.1) is 0 Å². The first-order chi connectivity index (χ1) is 15.5. The smallest absolute Gasteiger partial charge is 0.251 e. The average molecular weight is 430 g/mol. The summed E-state index contributed by atoms with van der Waals surface area (Å²) in [4.78, 5) is 20.7. The molecule has 164 valence electrons. The monoisotopic (exact) mass is 429 g/mol. The Hall–Kier alpha value is -3.87. The molecule has 7 nitrogen and oxygen atoms in total. The molecule has 0 aliphatic carbocycles. The third-order valence-electron chi connectivity index (χ3n) is 5.69. The summed E-state index contributed by atoms with van der Waals surface area (Å²) in [6.07, 6.45) is 3.63. The summed E-state index contributed by atoms with van der Waals surface area (Å²) in [5, 5.41) is 7.22. The van der Waals surface area contributed by atoms with Crippen molar-refractivity contribution >= 4 is 22.6 Å². The number of fused-ring (bicyclic) bond motifs is 1. The van der Waals surface area contributed by atoms with Crippen molar-refractivity contribution in [2.24, 2.45) is 7.05 Å². The van der Waals surface area contributed by atoms with Gasteiger partial charge >= 0.3 is 0 Å². The fraction of sp³-hybridized carbons (Fsp3) is 0.240. The number of carbonyl (C=O) groups excluding carboxylic acids is 1. The molecule has 2 aromatic carbocycles. The number of rotatable bonds is 7. The van der Waals surface area contributed by atoms with Crippen LogP contribution in [-0.2, 0) is 7.05 Å². The van der Waals surface area contributed by atoms with Crippen molar-refractivity contribution in [3.05, 3.63) is 72.2 Å². The molecule has 0 aliphatic heterocycles. The molecule has 1 amide bonds. The lowest BCUT2D eigenvalue weighted by molar-refractivity contribution is 0.0962. The van der Waals surface area contributed by atoms with Gasteiger partial charge in [-0.1, -0.05) is 19.1 Å². The maximum absolute atomic E-state index is 11.9. The minimum atomic E-state index is -0.136. The molecule has 0 radical (unpaired) electrons. The lowest BCUT2D eigenvalue weighted by Gasteiger charge is -2.17. The van der Waals surface area contributed by atoms with Crippen LogP contribution in [0.25, 0.3) is 22.2 Å². The Morgan fingerprint density at radius 3 is 2.75 bits per heavy atom. The zero-order valence-electron chi connectivity index (χ0n) is 18.7. The van der Waals surface area contributed by atoms with Gasteiger partial charge in [-0.05, 0) is 35.9 Å². The van der Waals surface area contributed by atoms with Crippen molar-refractivity contribution in [1.29, 1.82) is 0 Å². The summed E-state index contributed by atoms with van der Waals surface area (Å²) < 4.78 is 7.63. The Kier molecular flexibility index (Phi) is 6.07. The molecule has 4 rings (SSSR count). The van der Waals surface area contributed by atoms with E-state index in [4.69, 9.17) is 4.74 Å². The normalized spacial score (nSPS) is 11.9. The Labute approximate surface area is 187 Å². The predicted octanol–water partition coefficient (Wildman–Crippen LogP) is 4.22. The summed E-state index contributed by atoms with van der Waals surface area (Å²) in [5.74, 6) is 1.46. The molecule has 4 aromatic rings. The van der Waals surface area contributed by atoms with Crippen LogP contribution in [0.15, 0.2) is 61.1 Å². The first-order valence-electron chi connectivity index (χ1n) is 10.5. The Balaban J connectivity index is 1.50. The van der Waals surface area contributed by atoms with E-state index in [2.05, 4.69) is 62.6 Å². The molecule has 0 spiro atoms. The highest BCUT2D eigenvalue weighted by Crippen LogP contribution is 2.29. The minimum Gasteiger partial charge on any atom is -0.496 e. The van der Waals surface area contributed by atoms with Crippen LogP contribution in [0.5, 0.6) is 5.75 Å². The van der Waals surface area contributed by atoms with Crippen LogP contribution in [-0.4, -0.2) is 41.1 Å². The van der Waals surface area contributed by atoms with Crippen molar-refractivity contribution in [2.45, 2.75) is 12.8 Å². The van der Waals surface area contributed by atoms with E-state index >= 15 is 0 Å². The largest absolute Gasteiger partial charge is 0.496 e. The van der Waals surface area contributed by atoms with Crippen molar-refractivity contribution in [3.8, 4) is 17.0 Å². The van der Waals surface area contributed by atoms with E-state index in [0.29, 0.717) is 17.9 Å². The fourth-order valence-corrected chi connectivity index (χ4v) is 3.82. The van der Waals surface area contributed by atoms with Gasteiger partial charge in [0.15, 0.2) is 0 Å². The van der Waals surface area contributed by atoms with Crippen LogP contribution in [0.4, 0.5) is 5.82 Å². The molecule has 0 bridgehead atoms. The number of amides is 1. The van der Waals surface area contributed by atoms with Crippen LogP contribution in [0, 0.1) is 0 Å². The standard InChI is InChI=1S/C25H27N5O2/c1-16(20-7-5-19(25(31)26-2)12-23(20)32-4)14-27-24-13-21(28-15-29-24)17-6-8-22-18(11-17)9-10-30(22)3/h5-13,15-16H,14H2,1-4H3,(H,26,31)(H,27,28,29)/t16-/m1/s1. The van der Waals surface area contributed by atoms with Crippen LogP contribution < -0.4 is 15.4 Å². The van der Waals surface area contributed by atoms with Crippen molar-refractivity contribution < 1.29 is 9.53 Å². The van der Waals surface area contributed by atoms with Gasteiger partial charge in [0.2, 0.25) is 0 Å². The predicted molar refractivity (Wildman–Crippen MR) is 127 cm³/mol. The van der Waals surface area contributed by atoms with E-state index < -0.39 is 0 Å². The Bertz CT molecular complexity index is 1260. The molecule has 1 atom stereocenters. The molecule has 0 saturated heterocycles. The highest BCUT2D eigenvalue weighted by Gasteiger charge is 2.15. The van der Waals surface area contributed by atoms with Crippen molar-refractivity contribution in [3.63, 3.8) is 0 Å². The molecular formula is C25H27N5O2. The number of ether oxygens (including phenoxy) is 1. The molecule has 0 aliphatic rings. The van der Waals surface area contributed by atoms with E-state index in [0.717, 1.165) is 22.6 Å². The van der Waals surface area contributed by atoms with Crippen molar-refractivity contribution in [2.75, 3.05) is 26.0 Å². The van der Waals surface area contributed by atoms with E-state index in [1.807, 2.05) is 25.2 Å². The molecular weight excluding hydrogens is 402 g/mol. The van der Waals surface area contributed by atoms with Crippen molar-refractivity contribution in [1.82, 2.24) is 19.9 Å². The van der Waals surface area contributed by atoms with Gasteiger partial charge in [-0.3, -0.25) is 4.79 Å². The first kappa shape index (κ1) is 21.4. The van der Waals surface area contributed by atoms with Crippen LogP contribution in [0.1, 0.15) is 28.8 Å². The molecule has 0 fully saturated rings. The zero-order valence-corrected chi connectivity index (χ0v) is 18.7. The number of benzene rings is 2. The second kappa shape index (κ2) is 9.09. The fourth-order valence-electron chi connectivity index (χ4n) is 3.82. The maximum atomic E-state index is 11.9. The van der Waals surface area contributed by atoms with E-state index in [-0.39, 0.29) is 11.8 Å². The SMILES string of the molecule is CNC(=O)c1ccc([C@H](C)CNc2cc(-c3ccc4c(ccn4C)c3)ncn2)c(OC)c1.